The molecule has 0 atom stereocenters. The van der Waals surface area contributed by atoms with Gasteiger partial charge in [-0.3, -0.25) is 0 Å². The van der Waals surface area contributed by atoms with E-state index in [1.165, 1.54) is 7.11 Å². The second-order valence-electron chi connectivity index (χ2n) is 7.41. The zero-order chi connectivity index (χ0) is 24.7. The van der Waals surface area contributed by atoms with Gasteiger partial charge in [0, 0.05) is 5.57 Å². The average Bonchev–Trinajstić information content (AvgIpc) is 2.73. The van der Waals surface area contributed by atoms with Gasteiger partial charge in [-0.25, -0.2) is 9.59 Å². The highest BCUT2D eigenvalue weighted by molar-refractivity contribution is 5.86. The minimum atomic E-state index is -0.696. The van der Waals surface area contributed by atoms with Gasteiger partial charge in [0.05, 0.1) is 7.11 Å². The molecule has 0 spiro atoms. The van der Waals surface area contributed by atoms with Crippen LogP contribution in [0.2, 0.25) is 0 Å². The third-order valence-corrected chi connectivity index (χ3v) is 3.37. The van der Waals surface area contributed by atoms with Crippen LogP contribution in [0.1, 0.15) is 38.8 Å². The van der Waals surface area contributed by atoms with Gasteiger partial charge in [0.15, 0.2) is 0 Å². The summed E-state index contributed by atoms with van der Waals surface area (Å²) in [6.45, 7) is 17.5. The molecule has 0 aliphatic heterocycles. The molecule has 2 aromatic carbocycles. The molecular weight excluding hydrogens is 408 g/mol. The van der Waals surface area contributed by atoms with Crippen LogP contribution in [-0.2, 0) is 14.3 Å². The van der Waals surface area contributed by atoms with Gasteiger partial charge in [-0.1, -0.05) is 56.2 Å². The molecule has 0 saturated heterocycles. The van der Waals surface area contributed by atoms with Gasteiger partial charge in [0.25, 0.3) is 0 Å². The van der Waals surface area contributed by atoms with Gasteiger partial charge in [0.1, 0.15) is 17.1 Å². The Kier molecular flexibility index (Phi) is 12.6. The lowest BCUT2D eigenvalue weighted by molar-refractivity contribution is -0.136. The lowest BCUT2D eigenvalue weighted by Crippen LogP contribution is -2.25. The third kappa shape index (κ3) is 13.4. The molecule has 0 amide bonds. The number of rotatable bonds is 4. The summed E-state index contributed by atoms with van der Waals surface area (Å²) in [6, 6.07) is 13.9. The van der Waals surface area contributed by atoms with Crippen molar-refractivity contribution in [2.75, 3.05) is 7.11 Å². The second-order valence-corrected chi connectivity index (χ2v) is 7.41. The van der Waals surface area contributed by atoms with E-state index in [-0.39, 0.29) is 5.97 Å². The number of carbonyl (C=O) groups excluding carboxylic acids is 2. The van der Waals surface area contributed by atoms with Gasteiger partial charge in [-0.2, -0.15) is 0 Å². The first-order valence-corrected chi connectivity index (χ1v) is 9.70. The van der Waals surface area contributed by atoms with Crippen molar-refractivity contribution >= 4 is 24.3 Å². The lowest BCUT2D eigenvalue weighted by atomic mass is 10.2. The van der Waals surface area contributed by atoms with Crippen LogP contribution in [0.15, 0.2) is 73.8 Å². The molecule has 0 aliphatic rings. The molecule has 1 N–H and O–H groups in total. The number of aromatic hydroxyl groups is 1. The molecule has 2 aromatic rings. The van der Waals surface area contributed by atoms with E-state index in [0.717, 1.165) is 11.1 Å². The van der Waals surface area contributed by atoms with Crippen LogP contribution in [0.3, 0.4) is 0 Å². The molecule has 0 saturated carbocycles. The second kappa shape index (κ2) is 14.2. The fraction of sp³-hybridized carbons (Fsp3) is 0.231. The van der Waals surface area contributed by atoms with Crippen molar-refractivity contribution in [3.05, 3.63) is 85.0 Å². The van der Waals surface area contributed by atoms with Crippen molar-refractivity contribution < 1.29 is 28.9 Å². The number of hydrogen-bond acceptors (Lipinski definition) is 6. The summed E-state index contributed by atoms with van der Waals surface area (Å²) < 4.78 is 14.3. The van der Waals surface area contributed by atoms with Crippen LogP contribution >= 0.6 is 0 Å². The minimum Gasteiger partial charge on any atom is -0.508 e. The van der Waals surface area contributed by atoms with E-state index < -0.39 is 11.8 Å². The van der Waals surface area contributed by atoms with E-state index in [2.05, 4.69) is 24.5 Å². The Bertz CT molecular complexity index is 887. The van der Waals surface area contributed by atoms with Gasteiger partial charge in [-0.15, -0.1) is 0 Å². The maximum Gasteiger partial charge on any atom is 0.514 e. The normalized spacial score (nSPS) is 9.53. The standard InChI is InChI=1S/C13H16O3.C8H8O.C5H8O2/c1-5-10-6-8-11(9-7-10)15-12(14)16-13(2,3)4;1-2-7-3-5-8(9)6-4-7;1-4(2)5(6)7-3/h5-9H,1H2,2-4H3;2-6,9H,1H2;1H2,2-3H3. The molecule has 0 bridgehead atoms. The van der Waals surface area contributed by atoms with E-state index in [4.69, 9.17) is 14.6 Å². The molecule has 2 rings (SSSR count). The number of benzene rings is 2. The highest BCUT2D eigenvalue weighted by atomic mass is 16.7. The predicted octanol–water partition coefficient (Wildman–Crippen LogP) is 6.41. The Morgan fingerprint density at radius 1 is 0.906 bits per heavy atom. The SMILES string of the molecule is C=C(C)C(=O)OC.C=Cc1ccc(O)cc1.C=Cc1ccc(OC(=O)OC(C)(C)C)cc1. The molecule has 0 unspecified atom stereocenters. The highest BCUT2D eigenvalue weighted by Gasteiger charge is 2.17. The highest BCUT2D eigenvalue weighted by Crippen LogP contribution is 2.15. The number of methoxy groups -OCH3 is 1. The Hall–Kier alpha value is -3.80. The van der Waals surface area contributed by atoms with E-state index >= 15 is 0 Å². The number of hydrogen-bond donors (Lipinski definition) is 1. The molecule has 0 fully saturated rings. The van der Waals surface area contributed by atoms with Gasteiger partial charge in [0.2, 0.25) is 0 Å². The van der Waals surface area contributed by atoms with Crippen molar-refractivity contribution in [2.24, 2.45) is 0 Å². The number of ether oxygens (including phenoxy) is 3. The van der Waals surface area contributed by atoms with Crippen LogP contribution in [0.25, 0.3) is 12.2 Å². The first-order chi connectivity index (χ1) is 14.9. The van der Waals surface area contributed by atoms with Crippen LogP contribution < -0.4 is 4.74 Å². The van der Waals surface area contributed by atoms with Crippen molar-refractivity contribution in [1.82, 2.24) is 0 Å². The topological polar surface area (TPSA) is 82.1 Å². The smallest absolute Gasteiger partial charge is 0.508 e. The summed E-state index contributed by atoms with van der Waals surface area (Å²) >= 11 is 0. The van der Waals surface area contributed by atoms with E-state index in [1.807, 2.05) is 24.3 Å². The number of phenolic OH excluding ortho intramolecular Hbond substituents is 1. The van der Waals surface area contributed by atoms with E-state index in [1.54, 1.807) is 64.1 Å². The van der Waals surface area contributed by atoms with Crippen LogP contribution in [-0.4, -0.2) is 29.9 Å². The molecule has 0 radical (unpaired) electrons. The minimum absolute atomic E-state index is 0.292. The molecule has 0 heterocycles. The first kappa shape index (κ1) is 28.2. The summed E-state index contributed by atoms with van der Waals surface area (Å²) in [5, 5.41) is 8.82. The number of esters is 1. The molecule has 0 aromatic heterocycles. The quantitative estimate of drug-likeness (QED) is 0.336. The Labute approximate surface area is 190 Å². The summed E-state index contributed by atoms with van der Waals surface area (Å²) in [6.07, 6.45) is 2.76. The Balaban J connectivity index is 0.000000506. The number of phenols is 1. The largest absolute Gasteiger partial charge is 0.514 e. The van der Waals surface area contributed by atoms with Crippen molar-refractivity contribution in [3.8, 4) is 11.5 Å². The summed E-state index contributed by atoms with van der Waals surface area (Å²) in [5.74, 6) is 0.403. The zero-order valence-corrected chi connectivity index (χ0v) is 19.4. The molecule has 172 valence electrons. The first-order valence-electron chi connectivity index (χ1n) is 9.70. The fourth-order valence-corrected chi connectivity index (χ4v) is 1.82. The average molecular weight is 441 g/mol. The predicted molar refractivity (Wildman–Crippen MR) is 128 cm³/mol. The van der Waals surface area contributed by atoms with Crippen LogP contribution in [0.5, 0.6) is 11.5 Å². The third-order valence-electron chi connectivity index (χ3n) is 3.37. The van der Waals surface area contributed by atoms with Crippen molar-refractivity contribution in [3.63, 3.8) is 0 Å². The van der Waals surface area contributed by atoms with Crippen molar-refractivity contribution in [2.45, 2.75) is 33.3 Å². The molecule has 0 aliphatic carbocycles. The fourth-order valence-electron chi connectivity index (χ4n) is 1.82. The van der Waals surface area contributed by atoms with E-state index in [9.17, 15) is 9.59 Å². The maximum atomic E-state index is 11.3. The summed E-state index contributed by atoms with van der Waals surface area (Å²) in [5.41, 5.74) is 1.88. The van der Waals surface area contributed by atoms with Crippen LogP contribution in [0, 0.1) is 0 Å². The van der Waals surface area contributed by atoms with Gasteiger partial charge < -0.3 is 19.3 Å². The Morgan fingerprint density at radius 2 is 1.34 bits per heavy atom. The van der Waals surface area contributed by atoms with Crippen LogP contribution in [0.4, 0.5) is 4.79 Å². The summed E-state index contributed by atoms with van der Waals surface area (Å²) in [4.78, 5) is 21.5. The summed E-state index contributed by atoms with van der Waals surface area (Å²) in [7, 11) is 1.33. The molecule has 32 heavy (non-hydrogen) atoms. The van der Waals surface area contributed by atoms with E-state index in [0.29, 0.717) is 17.1 Å². The Morgan fingerprint density at radius 3 is 1.66 bits per heavy atom. The van der Waals surface area contributed by atoms with Gasteiger partial charge >= 0.3 is 12.1 Å². The molecular formula is C26H32O6. The maximum absolute atomic E-state index is 11.3. The van der Waals surface area contributed by atoms with Gasteiger partial charge in [-0.05, 0) is 63.1 Å². The lowest BCUT2D eigenvalue weighted by Gasteiger charge is -2.18. The zero-order valence-electron chi connectivity index (χ0n) is 19.4. The molecule has 6 nitrogen and oxygen atoms in total. The van der Waals surface area contributed by atoms with Crippen molar-refractivity contribution in [1.29, 1.82) is 0 Å². The molecule has 6 heteroatoms. The number of carbonyl (C=O) groups is 2. The monoisotopic (exact) mass is 440 g/mol.